The molecule has 2 rings (SSSR count). The van der Waals surface area contributed by atoms with E-state index in [1.807, 2.05) is 0 Å². The SMILES string of the molecule is O=[N+]([O-])c1ccc(Cl)c2csnc12. The van der Waals surface area contributed by atoms with Crippen LogP contribution in [-0.2, 0) is 0 Å². The van der Waals surface area contributed by atoms with Crippen molar-refractivity contribution in [3.8, 4) is 0 Å². The molecule has 2 aromatic rings. The maximum absolute atomic E-state index is 10.6. The minimum atomic E-state index is -0.460. The highest BCUT2D eigenvalue weighted by atomic mass is 35.5. The van der Waals surface area contributed by atoms with Crippen LogP contribution in [0.5, 0.6) is 0 Å². The summed E-state index contributed by atoms with van der Waals surface area (Å²) < 4.78 is 3.92. The Bertz CT molecular complexity index is 482. The maximum Gasteiger partial charge on any atom is 0.296 e. The van der Waals surface area contributed by atoms with Crippen LogP contribution in [0, 0.1) is 10.1 Å². The van der Waals surface area contributed by atoms with E-state index in [1.54, 1.807) is 5.38 Å². The van der Waals surface area contributed by atoms with E-state index in [0.717, 1.165) is 11.5 Å². The second-order valence-corrected chi connectivity index (χ2v) is 3.44. The van der Waals surface area contributed by atoms with Crippen LogP contribution in [0.2, 0.25) is 5.02 Å². The van der Waals surface area contributed by atoms with E-state index in [4.69, 9.17) is 11.6 Å². The third-order valence-corrected chi connectivity index (χ3v) is 2.61. The number of rotatable bonds is 1. The van der Waals surface area contributed by atoms with Crippen molar-refractivity contribution in [2.45, 2.75) is 0 Å². The van der Waals surface area contributed by atoms with Crippen LogP contribution in [0.4, 0.5) is 5.69 Å². The summed E-state index contributed by atoms with van der Waals surface area (Å²) >= 11 is 6.98. The number of aromatic nitrogens is 1. The van der Waals surface area contributed by atoms with Crippen molar-refractivity contribution in [1.29, 1.82) is 0 Å². The van der Waals surface area contributed by atoms with E-state index in [-0.39, 0.29) is 5.69 Å². The van der Waals surface area contributed by atoms with E-state index >= 15 is 0 Å². The van der Waals surface area contributed by atoms with Gasteiger partial charge < -0.3 is 0 Å². The fourth-order valence-corrected chi connectivity index (χ4v) is 2.02. The number of nitro benzene ring substituents is 1. The number of non-ortho nitro benzene ring substituents is 1. The minimum absolute atomic E-state index is 0.000602. The minimum Gasteiger partial charge on any atom is -0.258 e. The molecule has 1 heterocycles. The quantitative estimate of drug-likeness (QED) is 0.542. The van der Waals surface area contributed by atoms with E-state index < -0.39 is 4.92 Å². The first-order valence-electron chi connectivity index (χ1n) is 3.37. The summed E-state index contributed by atoms with van der Waals surface area (Å²) in [7, 11) is 0. The molecule has 13 heavy (non-hydrogen) atoms. The van der Waals surface area contributed by atoms with Crippen molar-refractivity contribution in [2.75, 3.05) is 0 Å². The predicted octanol–water partition coefficient (Wildman–Crippen LogP) is 2.86. The molecule has 0 saturated heterocycles. The van der Waals surface area contributed by atoms with Gasteiger partial charge in [-0.15, -0.1) is 0 Å². The molecular formula is C7H3ClN2O2S. The fraction of sp³-hybridized carbons (Fsp3) is 0. The van der Waals surface area contributed by atoms with Gasteiger partial charge in [0.05, 0.1) is 9.95 Å². The molecule has 0 unspecified atom stereocenters. The predicted molar refractivity (Wildman–Crippen MR) is 51.3 cm³/mol. The molecule has 0 saturated carbocycles. The van der Waals surface area contributed by atoms with Crippen molar-refractivity contribution >= 4 is 39.7 Å². The van der Waals surface area contributed by atoms with Gasteiger partial charge in [-0.1, -0.05) is 11.6 Å². The van der Waals surface area contributed by atoms with Crippen LogP contribution in [0.15, 0.2) is 17.5 Å². The number of hydrogen-bond donors (Lipinski definition) is 0. The highest BCUT2D eigenvalue weighted by Gasteiger charge is 2.15. The molecule has 0 amide bonds. The average molecular weight is 215 g/mol. The zero-order valence-corrected chi connectivity index (χ0v) is 7.80. The fourth-order valence-electron chi connectivity index (χ4n) is 1.06. The Hall–Kier alpha value is -1.20. The lowest BCUT2D eigenvalue weighted by Crippen LogP contribution is -1.88. The van der Waals surface area contributed by atoms with Crippen LogP contribution in [0.3, 0.4) is 0 Å². The van der Waals surface area contributed by atoms with Gasteiger partial charge in [-0.2, -0.15) is 4.37 Å². The van der Waals surface area contributed by atoms with E-state index in [9.17, 15) is 10.1 Å². The molecular weight excluding hydrogens is 212 g/mol. The maximum atomic E-state index is 10.6. The van der Waals surface area contributed by atoms with Gasteiger partial charge in [-0.25, -0.2) is 0 Å². The zero-order chi connectivity index (χ0) is 9.42. The summed E-state index contributed by atoms with van der Waals surface area (Å²) in [6, 6.07) is 2.88. The summed E-state index contributed by atoms with van der Waals surface area (Å²) in [6.07, 6.45) is 0. The summed E-state index contributed by atoms with van der Waals surface area (Å²) in [4.78, 5) is 10.1. The molecule has 6 heteroatoms. The van der Waals surface area contributed by atoms with Gasteiger partial charge in [0.1, 0.15) is 0 Å². The first kappa shape index (κ1) is 8.40. The van der Waals surface area contributed by atoms with Gasteiger partial charge in [0, 0.05) is 16.8 Å². The molecule has 0 aliphatic rings. The number of hydrogen-bond acceptors (Lipinski definition) is 4. The van der Waals surface area contributed by atoms with Crippen LogP contribution in [0.25, 0.3) is 10.9 Å². The summed E-state index contributed by atoms with van der Waals surface area (Å²) in [5.74, 6) is 0. The summed E-state index contributed by atoms with van der Waals surface area (Å²) in [5, 5.41) is 13.4. The van der Waals surface area contributed by atoms with Crippen molar-refractivity contribution in [1.82, 2.24) is 4.37 Å². The molecule has 1 aromatic heterocycles. The number of halogens is 1. The molecule has 0 aliphatic heterocycles. The molecule has 0 N–H and O–H groups in total. The van der Waals surface area contributed by atoms with Crippen LogP contribution < -0.4 is 0 Å². The highest BCUT2D eigenvalue weighted by molar-refractivity contribution is 7.05. The van der Waals surface area contributed by atoms with Gasteiger partial charge in [0.15, 0.2) is 5.52 Å². The smallest absolute Gasteiger partial charge is 0.258 e. The standard InChI is InChI=1S/C7H3ClN2O2S/c8-5-1-2-6(10(11)12)7-4(5)3-13-9-7/h1-3H. The van der Waals surface area contributed by atoms with Gasteiger partial charge in [0.2, 0.25) is 0 Å². The van der Waals surface area contributed by atoms with Gasteiger partial charge in [0.25, 0.3) is 5.69 Å². The lowest BCUT2D eigenvalue weighted by molar-refractivity contribution is -0.383. The Morgan fingerprint density at radius 2 is 2.31 bits per heavy atom. The third-order valence-electron chi connectivity index (χ3n) is 1.65. The number of benzene rings is 1. The Morgan fingerprint density at radius 3 is 3.00 bits per heavy atom. The number of nitrogens with zero attached hydrogens (tertiary/aromatic N) is 2. The molecule has 0 spiro atoms. The van der Waals surface area contributed by atoms with Crippen LogP contribution in [-0.4, -0.2) is 9.30 Å². The number of nitro groups is 1. The van der Waals surface area contributed by atoms with Crippen molar-refractivity contribution < 1.29 is 4.92 Å². The van der Waals surface area contributed by atoms with Crippen LogP contribution >= 0.6 is 23.1 Å². The molecule has 0 bridgehead atoms. The Kier molecular flexibility index (Phi) is 1.90. The molecule has 1 aromatic carbocycles. The van der Waals surface area contributed by atoms with Crippen LogP contribution in [0.1, 0.15) is 0 Å². The number of fused-ring (bicyclic) bond motifs is 1. The largest absolute Gasteiger partial charge is 0.296 e. The Morgan fingerprint density at radius 1 is 1.54 bits per heavy atom. The monoisotopic (exact) mass is 214 g/mol. The lowest BCUT2D eigenvalue weighted by Gasteiger charge is -1.93. The van der Waals surface area contributed by atoms with E-state index in [2.05, 4.69) is 4.37 Å². The van der Waals surface area contributed by atoms with Crippen molar-refractivity contribution in [2.24, 2.45) is 0 Å². The highest BCUT2D eigenvalue weighted by Crippen LogP contribution is 2.31. The zero-order valence-electron chi connectivity index (χ0n) is 6.23. The first-order valence-corrected chi connectivity index (χ1v) is 4.58. The molecule has 0 radical (unpaired) electrons. The lowest BCUT2D eigenvalue weighted by atomic mass is 10.2. The molecule has 0 fully saturated rings. The van der Waals surface area contributed by atoms with E-state index in [0.29, 0.717) is 15.9 Å². The molecule has 0 atom stereocenters. The topological polar surface area (TPSA) is 56.0 Å². The third kappa shape index (κ3) is 1.26. The Labute approximate surface area is 82.1 Å². The second-order valence-electron chi connectivity index (χ2n) is 2.40. The van der Waals surface area contributed by atoms with Crippen molar-refractivity contribution in [3.63, 3.8) is 0 Å². The van der Waals surface area contributed by atoms with E-state index in [1.165, 1.54) is 12.1 Å². The molecule has 66 valence electrons. The Balaban J connectivity index is 2.86. The second kappa shape index (κ2) is 2.93. The first-order chi connectivity index (χ1) is 6.20. The van der Waals surface area contributed by atoms with Gasteiger partial charge in [-0.3, -0.25) is 10.1 Å². The average Bonchev–Trinajstić information content (AvgIpc) is 2.53. The van der Waals surface area contributed by atoms with Crippen molar-refractivity contribution in [3.05, 3.63) is 32.6 Å². The molecule has 0 aliphatic carbocycles. The van der Waals surface area contributed by atoms with Gasteiger partial charge >= 0.3 is 0 Å². The van der Waals surface area contributed by atoms with Gasteiger partial charge in [-0.05, 0) is 17.6 Å². The normalized spacial score (nSPS) is 10.5. The summed E-state index contributed by atoms with van der Waals surface area (Å²) in [5.41, 5.74) is 0.364. The molecule has 4 nitrogen and oxygen atoms in total. The summed E-state index contributed by atoms with van der Waals surface area (Å²) in [6.45, 7) is 0.